The lowest BCUT2D eigenvalue weighted by Gasteiger charge is -2.19. The monoisotopic (exact) mass is 223 g/mol. The SMILES string of the molecule is CNc1cc(N(C)CCCCCO)ccn1. The Morgan fingerprint density at radius 2 is 2.19 bits per heavy atom. The van der Waals surface area contributed by atoms with Gasteiger partial charge in [-0.3, -0.25) is 0 Å². The summed E-state index contributed by atoms with van der Waals surface area (Å²) in [7, 11) is 3.95. The van der Waals surface area contributed by atoms with Gasteiger partial charge in [0, 0.05) is 45.2 Å². The van der Waals surface area contributed by atoms with Crippen LogP contribution in [0.15, 0.2) is 18.3 Å². The molecule has 0 spiro atoms. The molecule has 0 amide bonds. The summed E-state index contributed by atoms with van der Waals surface area (Å²) in [5, 5.41) is 11.7. The van der Waals surface area contributed by atoms with Crippen LogP contribution >= 0.6 is 0 Å². The van der Waals surface area contributed by atoms with Crippen molar-refractivity contribution in [2.45, 2.75) is 19.3 Å². The van der Waals surface area contributed by atoms with Crippen molar-refractivity contribution in [3.63, 3.8) is 0 Å². The number of nitrogens with zero attached hydrogens (tertiary/aromatic N) is 2. The molecule has 0 aliphatic carbocycles. The lowest BCUT2D eigenvalue weighted by atomic mass is 10.2. The number of aromatic nitrogens is 1. The second-order valence-corrected chi connectivity index (χ2v) is 3.86. The summed E-state index contributed by atoms with van der Waals surface area (Å²) in [5.74, 6) is 0.889. The summed E-state index contributed by atoms with van der Waals surface area (Å²) < 4.78 is 0. The third-order valence-electron chi connectivity index (χ3n) is 2.59. The number of aliphatic hydroxyl groups excluding tert-OH is 1. The van der Waals surface area contributed by atoms with Crippen LogP contribution in [0.2, 0.25) is 0 Å². The number of unbranched alkanes of at least 4 members (excludes halogenated alkanes) is 2. The summed E-state index contributed by atoms with van der Waals surface area (Å²) in [6, 6.07) is 4.04. The molecule has 0 unspecified atom stereocenters. The molecule has 0 aliphatic heterocycles. The number of rotatable bonds is 7. The molecule has 1 aromatic rings. The molecule has 2 N–H and O–H groups in total. The molecule has 0 fully saturated rings. The first-order valence-electron chi connectivity index (χ1n) is 5.73. The summed E-state index contributed by atoms with van der Waals surface area (Å²) in [6.45, 7) is 1.30. The van der Waals surface area contributed by atoms with Crippen LogP contribution in [0.5, 0.6) is 0 Å². The zero-order valence-electron chi connectivity index (χ0n) is 10.1. The molecular formula is C12H21N3O. The van der Waals surface area contributed by atoms with Crippen molar-refractivity contribution in [2.75, 3.05) is 37.5 Å². The van der Waals surface area contributed by atoms with E-state index in [0.717, 1.165) is 31.6 Å². The van der Waals surface area contributed by atoms with Gasteiger partial charge in [0.05, 0.1) is 0 Å². The fraction of sp³-hybridized carbons (Fsp3) is 0.583. The van der Waals surface area contributed by atoms with E-state index in [-0.39, 0.29) is 0 Å². The molecule has 0 radical (unpaired) electrons. The third-order valence-corrected chi connectivity index (χ3v) is 2.59. The molecule has 16 heavy (non-hydrogen) atoms. The first-order valence-corrected chi connectivity index (χ1v) is 5.73. The van der Waals surface area contributed by atoms with Gasteiger partial charge in [-0.25, -0.2) is 4.98 Å². The van der Waals surface area contributed by atoms with E-state index in [2.05, 4.69) is 22.2 Å². The van der Waals surface area contributed by atoms with Crippen LogP contribution in [0, 0.1) is 0 Å². The van der Waals surface area contributed by atoms with Crippen LogP contribution < -0.4 is 10.2 Å². The van der Waals surface area contributed by atoms with E-state index in [0.29, 0.717) is 6.61 Å². The molecule has 0 bridgehead atoms. The highest BCUT2D eigenvalue weighted by Gasteiger charge is 2.01. The third kappa shape index (κ3) is 4.06. The summed E-state index contributed by atoms with van der Waals surface area (Å²) in [6.07, 6.45) is 4.89. The second-order valence-electron chi connectivity index (χ2n) is 3.86. The number of nitrogens with one attached hydrogen (secondary N) is 1. The Labute approximate surface area is 97.3 Å². The Morgan fingerprint density at radius 1 is 1.38 bits per heavy atom. The quantitative estimate of drug-likeness (QED) is 0.691. The highest BCUT2D eigenvalue weighted by atomic mass is 16.2. The van der Waals surface area contributed by atoms with Gasteiger partial charge >= 0.3 is 0 Å². The number of hydrogen-bond donors (Lipinski definition) is 2. The Bertz CT molecular complexity index is 304. The maximum Gasteiger partial charge on any atom is 0.127 e. The van der Waals surface area contributed by atoms with Crippen LogP contribution in [0.25, 0.3) is 0 Å². The summed E-state index contributed by atoms with van der Waals surface area (Å²) in [5.41, 5.74) is 1.17. The molecule has 1 heterocycles. The molecule has 0 saturated carbocycles. The van der Waals surface area contributed by atoms with Crippen molar-refractivity contribution in [3.05, 3.63) is 18.3 Å². The number of anilines is 2. The van der Waals surface area contributed by atoms with Gasteiger partial charge in [-0.2, -0.15) is 0 Å². The zero-order valence-corrected chi connectivity index (χ0v) is 10.1. The van der Waals surface area contributed by atoms with E-state index < -0.39 is 0 Å². The normalized spacial score (nSPS) is 10.2. The smallest absolute Gasteiger partial charge is 0.127 e. The minimum absolute atomic E-state index is 0.295. The van der Waals surface area contributed by atoms with E-state index in [4.69, 9.17) is 5.11 Å². The molecule has 90 valence electrons. The molecule has 0 saturated heterocycles. The summed E-state index contributed by atoms with van der Waals surface area (Å²) >= 11 is 0. The average molecular weight is 223 g/mol. The van der Waals surface area contributed by atoms with Gasteiger partial charge in [0.15, 0.2) is 0 Å². The Morgan fingerprint density at radius 3 is 2.88 bits per heavy atom. The Kier molecular flexibility index (Phi) is 5.64. The predicted molar refractivity (Wildman–Crippen MR) is 68.0 cm³/mol. The highest BCUT2D eigenvalue weighted by molar-refractivity contribution is 5.52. The molecule has 4 heteroatoms. The second kappa shape index (κ2) is 7.06. The molecule has 0 aromatic carbocycles. The van der Waals surface area contributed by atoms with Crippen molar-refractivity contribution < 1.29 is 5.11 Å². The average Bonchev–Trinajstić information content (AvgIpc) is 2.34. The van der Waals surface area contributed by atoms with Gasteiger partial charge in [-0.1, -0.05) is 0 Å². The molecular weight excluding hydrogens is 202 g/mol. The van der Waals surface area contributed by atoms with Crippen molar-refractivity contribution in [2.24, 2.45) is 0 Å². The van der Waals surface area contributed by atoms with Crippen molar-refractivity contribution in [1.29, 1.82) is 0 Å². The van der Waals surface area contributed by atoms with Gasteiger partial charge in [-0.15, -0.1) is 0 Å². The van der Waals surface area contributed by atoms with Gasteiger partial charge in [0.1, 0.15) is 5.82 Å². The van der Waals surface area contributed by atoms with E-state index in [1.165, 1.54) is 5.69 Å². The van der Waals surface area contributed by atoms with Gasteiger partial charge in [0.2, 0.25) is 0 Å². The topological polar surface area (TPSA) is 48.4 Å². The predicted octanol–water partition coefficient (Wildman–Crippen LogP) is 1.72. The first kappa shape index (κ1) is 12.8. The molecule has 0 aliphatic rings. The lowest BCUT2D eigenvalue weighted by molar-refractivity contribution is 0.283. The number of hydrogen-bond acceptors (Lipinski definition) is 4. The molecule has 1 aromatic heterocycles. The maximum absolute atomic E-state index is 8.69. The van der Waals surface area contributed by atoms with Crippen LogP contribution in [0.3, 0.4) is 0 Å². The molecule has 0 atom stereocenters. The van der Waals surface area contributed by atoms with Crippen LogP contribution in [-0.4, -0.2) is 37.3 Å². The first-order chi connectivity index (χ1) is 7.77. The maximum atomic E-state index is 8.69. The van der Waals surface area contributed by atoms with Gasteiger partial charge in [0.25, 0.3) is 0 Å². The minimum Gasteiger partial charge on any atom is -0.396 e. The molecule has 4 nitrogen and oxygen atoms in total. The Balaban J connectivity index is 2.42. The summed E-state index contributed by atoms with van der Waals surface area (Å²) in [4.78, 5) is 6.39. The Hall–Kier alpha value is -1.29. The fourth-order valence-electron chi connectivity index (χ4n) is 1.56. The van der Waals surface area contributed by atoms with Gasteiger partial charge in [-0.05, 0) is 25.3 Å². The lowest BCUT2D eigenvalue weighted by Crippen LogP contribution is -2.18. The number of aliphatic hydroxyl groups is 1. The fourth-order valence-corrected chi connectivity index (χ4v) is 1.56. The standard InChI is InChI=1S/C12H21N3O/c1-13-12-10-11(6-7-14-12)15(2)8-4-3-5-9-16/h6-7,10,16H,3-5,8-9H2,1-2H3,(H,13,14). The van der Waals surface area contributed by atoms with Crippen molar-refractivity contribution in [1.82, 2.24) is 4.98 Å². The highest BCUT2D eigenvalue weighted by Crippen LogP contribution is 2.16. The van der Waals surface area contributed by atoms with E-state index >= 15 is 0 Å². The minimum atomic E-state index is 0.295. The largest absolute Gasteiger partial charge is 0.396 e. The van der Waals surface area contributed by atoms with E-state index in [1.54, 1.807) is 0 Å². The van der Waals surface area contributed by atoms with E-state index in [9.17, 15) is 0 Å². The zero-order chi connectivity index (χ0) is 11.8. The van der Waals surface area contributed by atoms with Crippen LogP contribution in [-0.2, 0) is 0 Å². The van der Waals surface area contributed by atoms with Crippen molar-refractivity contribution in [3.8, 4) is 0 Å². The molecule has 1 rings (SSSR count). The van der Waals surface area contributed by atoms with Crippen LogP contribution in [0.1, 0.15) is 19.3 Å². The van der Waals surface area contributed by atoms with Gasteiger partial charge < -0.3 is 15.3 Å². The van der Waals surface area contributed by atoms with Crippen molar-refractivity contribution >= 4 is 11.5 Å². The van der Waals surface area contributed by atoms with E-state index in [1.807, 2.05) is 25.4 Å². The van der Waals surface area contributed by atoms with Crippen LogP contribution in [0.4, 0.5) is 11.5 Å². The number of pyridine rings is 1.